The lowest BCUT2D eigenvalue weighted by atomic mass is 9.88. The van der Waals surface area contributed by atoms with Gasteiger partial charge < -0.3 is 0 Å². The van der Waals surface area contributed by atoms with Crippen molar-refractivity contribution < 1.29 is 0 Å². The summed E-state index contributed by atoms with van der Waals surface area (Å²) in [6, 6.07) is 0. The lowest BCUT2D eigenvalue weighted by molar-refractivity contribution is 0.812. The van der Waals surface area contributed by atoms with Crippen LogP contribution in [-0.4, -0.2) is 0 Å². The summed E-state index contributed by atoms with van der Waals surface area (Å²) in [4.78, 5) is 0. The molecule has 0 bridgehead atoms. The normalized spacial score (nSPS) is 17.2. The summed E-state index contributed by atoms with van der Waals surface area (Å²) in [6.07, 6.45) is 12.6. The van der Waals surface area contributed by atoms with Crippen molar-refractivity contribution in [3.8, 4) is 0 Å². The van der Waals surface area contributed by atoms with Gasteiger partial charge in [0.1, 0.15) is 0 Å². The second-order valence-electron chi connectivity index (χ2n) is 3.54. The van der Waals surface area contributed by atoms with E-state index >= 15 is 0 Å². The molecule has 0 spiro atoms. The fourth-order valence-electron chi connectivity index (χ4n) is 1.56. The first kappa shape index (κ1) is 9.57. The van der Waals surface area contributed by atoms with Crippen LogP contribution in [-0.2, 0) is 0 Å². The Morgan fingerprint density at radius 3 is 2.58 bits per heavy atom. The molecule has 0 radical (unpaired) electrons. The first-order chi connectivity index (χ1) is 5.88. The van der Waals surface area contributed by atoms with E-state index in [0.29, 0.717) is 0 Å². The minimum Gasteiger partial charge on any atom is -0.0811 e. The molecular formula is C12H20. The molecule has 68 valence electrons. The maximum Gasteiger partial charge on any atom is -0.0244 e. The highest BCUT2D eigenvalue weighted by Crippen LogP contribution is 2.28. The summed E-state index contributed by atoms with van der Waals surface area (Å²) < 4.78 is 0. The molecule has 0 heteroatoms. The number of hydrogen-bond acceptors (Lipinski definition) is 0. The van der Waals surface area contributed by atoms with Crippen LogP contribution >= 0.6 is 0 Å². The molecular weight excluding hydrogens is 144 g/mol. The zero-order chi connectivity index (χ0) is 8.81. The zero-order valence-electron chi connectivity index (χ0n) is 8.40. The monoisotopic (exact) mass is 164 g/mol. The van der Waals surface area contributed by atoms with Crippen LogP contribution in [0.2, 0.25) is 0 Å². The van der Waals surface area contributed by atoms with Crippen molar-refractivity contribution in [2.45, 2.75) is 52.4 Å². The zero-order valence-corrected chi connectivity index (χ0v) is 8.40. The van der Waals surface area contributed by atoms with Crippen molar-refractivity contribution >= 4 is 0 Å². The third-order valence-corrected chi connectivity index (χ3v) is 2.42. The van der Waals surface area contributed by atoms with Crippen LogP contribution in [0.3, 0.4) is 0 Å². The van der Waals surface area contributed by atoms with E-state index in [1.807, 2.05) is 0 Å². The first-order valence-electron chi connectivity index (χ1n) is 5.27. The second kappa shape index (κ2) is 5.18. The molecule has 1 rings (SSSR count). The Morgan fingerprint density at radius 2 is 2.17 bits per heavy atom. The summed E-state index contributed by atoms with van der Waals surface area (Å²) in [5.41, 5.74) is 3.26. The molecule has 0 aromatic heterocycles. The van der Waals surface area contributed by atoms with Crippen molar-refractivity contribution in [3.05, 3.63) is 23.3 Å². The molecule has 0 N–H and O–H groups in total. The summed E-state index contributed by atoms with van der Waals surface area (Å²) in [6.45, 7) is 4.51. The largest absolute Gasteiger partial charge is 0.0811 e. The molecule has 0 nitrogen and oxygen atoms in total. The van der Waals surface area contributed by atoms with E-state index in [-0.39, 0.29) is 0 Å². The molecule has 0 saturated heterocycles. The van der Waals surface area contributed by atoms with Crippen LogP contribution in [0.1, 0.15) is 52.4 Å². The number of allylic oxidation sites excluding steroid dienone is 4. The molecule has 0 amide bonds. The van der Waals surface area contributed by atoms with Crippen molar-refractivity contribution in [1.29, 1.82) is 0 Å². The average Bonchev–Trinajstić information content (AvgIpc) is 1.97. The predicted octanol–water partition coefficient (Wildman–Crippen LogP) is 4.23. The Bertz CT molecular complexity index is 184. The van der Waals surface area contributed by atoms with Gasteiger partial charge in [0.2, 0.25) is 0 Å². The Kier molecular flexibility index (Phi) is 4.13. The van der Waals surface area contributed by atoms with E-state index < -0.39 is 0 Å². The minimum absolute atomic E-state index is 1.26. The third kappa shape index (κ3) is 2.51. The molecule has 1 aliphatic carbocycles. The van der Waals surface area contributed by atoms with Crippen molar-refractivity contribution in [2.24, 2.45) is 0 Å². The summed E-state index contributed by atoms with van der Waals surface area (Å²) in [7, 11) is 0. The highest BCUT2D eigenvalue weighted by molar-refractivity contribution is 5.35. The molecule has 0 aromatic carbocycles. The Labute approximate surface area is 76.4 Å². The van der Waals surface area contributed by atoms with Gasteiger partial charge in [0.05, 0.1) is 0 Å². The van der Waals surface area contributed by atoms with E-state index in [4.69, 9.17) is 0 Å². The van der Waals surface area contributed by atoms with Gasteiger partial charge in [0.15, 0.2) is 0 Å². The Morgan fingerprint density at radius 1 is 1.42 bits per heavy atom. The van der Waals surface area contributed by atoms with Crippen LogP contribution in [0.15, 0.2) is 23.3 Å². The molecule has 0 atom stereocenters. The van der Waals surface area contributed by atoms with Gasteiger partial charge in [-0.2, -0.15) is 0 Å². The molecule has 0 fully saturated rings. The molecule has 12 heavy (non-hydrogen) atoms. The quantitative estimate of drug-likeness (QED) is 0.570. The first-order valence-corrected chi connectivity index (χ1v) is 5.27. The lowest BCUT2D eigenvalue weighted by Gasteiger charge is -2.17. The standard InChI is InChI=1S/C12H20/c1-3-5-8-11(7-4-2)12-9-6-10-12/h8-9H,3-7,10H2,1-2H3/b11-8+. The van der Waals surface area contributed by atoms with E-state index in [0.717, 1.165) is 0 Å². The van der Waals surface area contributed by atoms with Crippen molar-refractivity contribution in [3.63, 3.8) is 0 Å². The van der Waals surface area contributed by atoms with Gasteiger partial charge in [-0.15, -0.1) is 0 Å². The summed E-state index contributed by atoms with van der Waals surface area (Å²) in [5.74, 6) is 0. The van der Waals surface area contributed by atoms with Crippen LogP contribution in [0.4, 0.5) is 0 Å². The van der Waals surface area contributed by atoms with Crippen LogP contribution < -0.4 is 0 Å². The Hall–Kier alpha value is -0.520. The maximum atomic E-state index is 2.44. The lowest BCUT2D eigenvalue weighted by Crippen LogP contribution is -1.98. The molecule has 0 unspecified atom stereocenters. The fourth-order valence-corrected chi connectivity index (χ4v) is 1.56. The number of hydrogen-bond donors (Lipinski definition) is 0. The van der Waals surface area contributed by atoms with Gasteiger partial charge in [0.25, 0.3) is 0 Å². The summed E-state index contributed by atoms with van der Waals surface area (Å²) >= 11 is 0. The average molecular weight is 164 g/mol. The van der Waals surface area contributed by atoms with E-state index in [2.05, 4.69) is 26.0 Å². The summed E-state index contributed by atoms with van der Waals surface area (Å²) in [5, 5.41) is 0. The van der Waals surface area contributed by atoms with Crippen molar-refractivity contribution in [1.82, 2.24) is 0 Å². The third-order valence-electron chi connectivity index (χ3n) is 2.42. The highest BCUT2D eigenvalue weighted by atomic mass is 14.1. The van der Waals surface area contributed by atoms with Gasteiger partial charge in [-0.25, -0.2) is 0 Å². The van der Waals surface area contributed by atoms with Gasteiger partial charge in [0, 0.05) is 0 Å². The molecule has 0 aliphatic heterocycles. The molecule has 1 aliphatic rings. The fraction of sp³-hybridized carbons (Fsp3) is 0.667. The van der Waals surface area contributed by atoms with Gasteiger partial charge in [-0.3, -0.25) is 0 Å². The topological polar surface area (TPSA) is 0 Å². The van der Waals surface area contributed by atoms with Gasteiger partial charge in [-0.1, -0.05) is 38.8 Å². The second-order valence-corrected chi connectivity index (χ2v) is 3.54. The van der Waals surface area contributed by atoms with Crippen LogP contribution in [0.25, 0.3) is 0 Å². The number of rotatable bonds is 5. The van der Waals surface area contributed by atoms with Gasteiger partial charge >= 0.3 is 0 Å². The molecule has 0 heterocycles. The number of unbranched alkanes of at least 4 members (excludes halogenated alkanes) is 1. The smallest absolute Gasteiger partial charge is 0.0244 e. The molecule has 0 saturated carbocycles. The van der Waals surface area contributed by atoms with Crippen LogP contribution in [0.5, 0.6) is 0 Å². The maximum absolute atomic E-state index is 2.44. The SMILES string of the molecule is CCC/C=C(\CCC)C1=CCC1. The highest BCUT2D eigenvalue weighted by Gasteiger charge is 2.09. The Balaban J connectivity index is 2.47. The predicted molar refractivity (Wildman–Crippen MR) is 55.2 cm³/mol. The van der Waals surface area contributed by atoms with Gasteiger partial charge in [-0.05, 0) is 36.8 Å². The van der Waals surface area contributed by atoms with E-state index in [1.165, 1.54) is 38.5 Å². The molecule has 0 aromatic rings. The van der Waals surface area contributed by atoms with Crippen LogP contribution in [0, 0.1) is 0 Å². The van der Waals surface area contributed by atoms with E-state index in [1.54, 1.807) is 11.1 Å². The minimum atomic E-state index is 1.26. The van der Waals surface area contributed by atoms with E-state index in [9.17, 15) is 0 Å². The van der Waals surface area contributed by atoms with Crippen molar-refractivity contribution in [2.75, 3.05) is 0 Å².